The minimum Gasteiger partial charge on any atom is -0.480 e. The third kappa shape index (κ3) is 6.72. The molecule has 104 valence electrons. The number of hydrogen-bond acceptors (Lipinski definition) is 4. The maximum atomic E-state index is 11.7. The Balaban J connectivity index is 4.32. The number of likely N-dealkylation sites (N-methyl/N-ethyl adjacent to an activating group) is 1. The fourth-order valence-corrected chi connectivity index (χ4v) is 1.16. The SMILES string of the molecule is CC(NC(=O)OC(C)(C)C)C(=O)N(C)CC(=O)O. The molecule has 0 saturated heterocycles. The van der Waals surface area contributed by atoms with Gasteiger partial charge in [-0.25, -0.2) is 4.79 Å². The summed E-state index contributed by atoms with van der Waals surface area (Å²) < 4.78 is 4.98. The highest BCUT2D eigenvalue weighted by Crippen LogP contribution is 2.06. The number of nitrogens with one attached hydrogen (secondary N) is 1. The number of carboxylic acid groups (broad SMARTS) is 1. The number of alkyl carbamates (subject to hydrolysis) is 1. The number of hydrogen-bond donors (Lipinski definition) is 2. The Hall–Kier alpha value is -1.79. The van der Waals surface area contributed by atoms with Gasteiger partial charge in [-0.2, -0.15) is 0 Å². The van der Waals surface area contributed by atoms with Gasteiger partial charge in [0.1, 0.15) is 18.2 Å². The molecular weight excluding hydrogens is 240 g/mol. The van der Waals surface area contributed by atoms with Crippen molar-refractivity contribution >= 4 is 18.0 Å². The largest absolute Gasteiger partial charge is 0.480 e. The molecule has 0 aliphatic heterocycles. The van der Waals surface area contributed by atoms with Crippen LogP contribution in [-0.4, -0.2) is 53.2 Å². The highest BCUT2D eigenvalue weighted by Gasteiger charge is 2.23. The van der Waals surface area contributed by atoms with Gasteiger partial charge in [-0.15, -0.1) is 0 Å². The first-order chi connectivity index (χ1) is 8.03. The Bertz CT molecular complexity index is 335. The summed E-state index contributed by atoms with van der Waals surface area (Å²) in [6.07, 6.45) is -0.716. The van der Waals surface area contributed by atoms with E-state index in [2.05, 4.69) is 5.32 Å². The van der Waals surface area contributed by atoms with Crippen LogP contribution < -0.4 is 5.32 Å². The molecule has 1 unspecified atom stereocenters. The van der Waals surface area contributed by atoms with Crippen LogP contribution in [0.4, 0.5) is 4.79 Å². The molecule has 1 atom stereocenters. The van der Waals surface area contributed by atoms with Gasteiger partial charge in [-0.05, 0) is 27.7 Å². The van der Waals surface area contributed by atoms with Crippen LogP contribution in [-0.2, 0) is 14.3 Å². The molecule has 18 heavy (non-hydrogen) atoms. The third-order valence-electron chi connectivity index (χ3n) is 1.85. The lowest BCUT2D eigenvalue weighted by Gasteiger charge is -2.23. The molecule has 7 heteroatoms. The van der Waals surface area contributed by atoms with Crippen molar-refractivity contribution in [3.8, 4) is 0 Å². The highest BCUT2D eigenvalue weighted by molar-refractivity contribution is 5.87. The smallest absolute Gasteiger partial charge is 0.408 e. The lowest BCUT2D eigenvalue weighted by molar-refractivity contribution is -0.144. The van der Waals surface area contributed by atoms with Gasteiger partial charge in [0.25, 0.3) is 0 Å². The van der Waals surface area contributed by atoms with Gasteiger partial charge in [0, 0.05) is 7.05 Å². The molecule has 0 fully saturated rings. The van der Waals surface area contributed by atoms with Gasteiger partial charge >= 0.3 is 12.1 Å². The molecular formula is C11H20N2O5. The summed E-state index contributed by atoms with van der Waals surface area (Å²) in [6, 6.07) is -0.843. The molecule has 0 saturated carbocycles. The van der Waals surface area contributed by atoms with Crippen molar-refractivity contribution in [3.63, 3.8) is 0 Å². The van der Waals surface area contributed by atoms with Crippen LogP contribution in [0.1, 0.15) is 27.7 Å². The number of aliphatic carboxylic acids is 1. The third-order valence-corrected chi connectivity index (χ3v) is 1.85. The van der Waals surface area contributed by atoms with E-state index >= 15 is 0 Å². The molecule has 0 aliphatic carbocycles. The van der Waals surface area contributed by atoms with Crippen LogP contribution in [0.25, 0.3) is 0 Å². The predicted octanol–water partition coefficient (Wildman–Crippen LogP) is 0.443. The van der Waals surface area contributed by atoms with E-state index < -0.39 is 36.2 Å². The molecule has 0 rings (SSSR count). The van der Waals surface area contributed by atoms with E-state index in [1.165, 1.54) is 14.0 Å². The highest BCUT2D eigenvalue weighted by atomic mass is 16.6. The lowest BCUT2D eigenvalue weighted by atomic mass is 10.2. The molecule has 7 nitrogen and oxygen atoms in total. The van der Waals surface area contributed by atoms with E-state index in [0.717, 1.165) is 4.90 Å². The van der Waals surface area contributed by atoms with Gasteiger partial charge in [-0.1, -0.05) is 0 Å². The van der Waals surface area contributed by atoms with Crippen molar-refractivity contribution in [2.75, 3.05) is 13.6 Å². The van der Waals surface area contributed by atoms with Crippen molar-refractivity contribution in [1.82, 2.24) is 10.2 Å². The molecule has 0 aromatic heterocycles. The minimum absolute atomic E-state index is 0.417. The number of carboxylic acids is 1. The average molecular weight is 260 g/mol. The Morgan fingerprint density at radius 1 is 1.33 bits per heavy atom. The fourth-order valence-electron chi connectivity index (χ4n) is 1.16. The second-order valence-electron chi connectivity index (χ2n) is 4.96. The quantitative estimate of drug-likeness (QED) is 0.764. The van der Waals surface area contributed by atoms with E-state index in [0.29, 0.717) is 0 Å². The molecule has 0 aromatic carbocycles. The van der Waals surface area contributed by atoms with Crippen LogP contribution in [0, 0.1) is 0 Å². The average Bonchev–Trinajstić information content (AvgIpc) is 2.11. The summed E-state index contributed by atoms with van der Waals surface area (Å²) in [5.74, 6) is -1.61. The summed E-state index contributed by atoms with van der Waals surface area (Å²) in [5.41, 5.74) is -0.653. The molecule has 0 aliphatic rings. The van der Waals surface area contributed by atoms with Crippen molar-refractivity contribution in [2.45, 2.75) is 39.3 Å². The van der Waals surface area contributed by atoms with Gasteiger partial charge in [0.05, 0.1) is 0 Å². The van der Waals surface area contributed by atoms with Gasteiger partial charge in [0.15, 0.2) is 0 Å². The Morgan fingerprint density at radius 3 is 2.22 bits per heavy atom. The molecule has 0 spiro atoms. The number of nitrogens with zero attached hydrogens (tertiary/aromatic N) is 1. The summed E-state index contributed by atoms with van der Waals surface area (Å²) in [4.78, 5) is 34.5. The van der Waals surface area contributed by atoms with E-state index in [9.17, 15) is 14.4 Å². The van der Waals surface area contributed by atoms with Crippen molar-refractivity contribution < 1.29 is 24.2 Å². The summed E-state index contributed by atoms with van der Waals surface area (Å²) in [7, 11) is 1.35. The fraction of sp³-hybridized carbons (Fsp3) is 0.727. The van der Waals surface area contributed by atoms with Crippen LogP contribution in [0.2, 0.25) is 0 Å². The molecule has 2 amide bonds. The lowest BCUT2D eigenvalue weighted by Crippen LogP contribution is -2.48. The van der Waals surface area contributed by atoms with Crippen LogP contribution in [0.5, 0.6) is 0 Å². The van der Waals surface area contributed by atoms with Gasteiger partial charge in [0.2, 0.25) is 5.91 Å². The minimum atomic E-state index is -1.12. The van der Waals surface area contributed by atoms with Crippen LogP contribution in [0.3, 0.4) is 0 Å². The first kappa shape index (κ1) is 16.2. The molecule has 0 radical (unpaired) electrons. The Labute approximate surface area is 106 Å². The second kappa shape index (κ2) is 6.23. The van der Waals surface area contributed by atoms with Crippen molar-refractivity contribution in [1.29, 1.82) is 0 Å². The zero-order chi connectivity index (χ0) is 14.5. The molecule has 0 bridgehead atoms. The zero-order valence-corrected chi connectivity index (χ0v) is 11.3. The maximum Gasteiger partial charge on any atom is 0.408 e. The number of carbonyl (C=O) groups excluding carboxylic acids is 2. The first-order valence-electron chi connectivity index (χ1n) is 5.49. The summed E-state index contributed by atoms with van der Waals surface area (Å²) >= 11 is 0. The topological polar surface area (TPSA) is 95.9 Å². The number of ether oxygens (including phenoxy) is 1. The van der Waals surface area contributed by atoms with Gasteiger partial charge in [-0.3, -0.25) is 9.59 Å². The predicted molar refractivity (Wildman–Crippen MR) is 64.1 cm³/mol. The van der Waals surface area contributed by atoms with E-state index in [1.54, 1.807) is 20.8 Å². The first-order valence-corrected chi connectivity index (χ1v) is 5.49. The van der Waals surface area contributed by atoms with Gasteiger partial charge < -0.3 is 20.1 Å². The normalized spacial score (nSPS) is 12.5. The number of amides is 2. The van der Waals surface area contributed by atoms with E-state index in [1.807, 2.05) is 0 Å². The summed E-state index contributed by atoms with van der Waals surface area (Å²) in [6.45, 7) is 6.16. The van der Waals surface area contributed by atoms with Crippen LogP contribution in [0.15, 0.2) is 0 Å². The second-order valence-corrected chi connectivity index (χ2v) is 4.96. The Kier molecular flexibility index (Phi) is 5.61. The number of rotatable bonds is 4. The standard InChI is InChI=1S/C11H20N2O5/c1-7(9(16)13(5)6-8(14)15)12-10(17)18-11(2,3)4/h7H,6H2,1-5H3,(H,12,17)(H,14,15). The van der Waals surface area contributed by atoms with Crippen LogP contribution >= 0.6 is 0 Å². The van der Waals surface area contributed by atoms with Crippen molar-refractivity contribution in [2.24, 2.45) is 0 Å². The van der Waals surface area contributed by atoms with E-state index in [4.69, 9.17) is 9.84 Å². The summed E-state index contributed by atoms with van der Waals surface area (Å²) in [5, 5.41) is 10.9. The number of carbonyl (C=O) groups is 3. The molecule has 0 heterocycles. The molecule has 2 N–H and O–H groups in total. The zero-order valence-electron chi connectivity index (χ0n) is 11.3. The molecule has 0 aromatic rings. The van der Waals surface area contributed by atoms with Crippen molar-refractivity contribution in [3.05, 3.63) is 0 Å². The monoisotopic (exact) mass is 260 g/mol. The van der Waals surface area contributed by atoms with E-state index in [-0.39, 0.29) is 0 Å². The Morgan fingerprint density at radius 2 is 1.83 bits per heavy atom. The maximum absolute atomic E-state index is 11.7.